The summed E-state index contributed by atoms with van der Waals surface area (Å²) < 4.78 is 0. The second-order valence-electron chi connectivity index (χ2n) is 6.77. The van der Waals surface area contributed by atoms with Crippen LogP contribution in [0.15, 0.2) is 24.3 Å². The molecule has 0 fully saturated rings. The zero-order valence-electron chi connectivity index (χ0n) is 13.7. The molecule has 0 spiro atoms. The van der Waals surface area contributed by atoms with E-state index >= 15 is 0 Å². The lowest BCUT2D eigenvalue weighted by molar-refractivity contribution is 0.201. The summed E-state index contributed by atoms with van der Waals surface area (Å²) in [5.74, 6) is 0.999. The number of hydrogen-bond acceptors (Lipinski definition) is 2. The van der Waals surface area contributed by atoms with Gasteiger partial charge in [-0.05, 0) is 49.7 Å². The molecule has 0 heterocycles. The van der Waals surface area contributed by atoms with Crippen LogP contribution in [0.3, 0.4) is 0 Å². The van der Waals surface area contributed by atoms with E-state index in [1.165, 1.54) is 0 Å². The Hall–Kier alpha value is -1.44. The first-order chi connectivity index (χ1) is 9.94. The molecular formula is C19H28O2. The third-order valence-corrected chi connectivity index (χ3v) is 5.02. The molecule has 0 saturated carbocycles. The lowest BCUT2D eigenvalue weighted by Crippen LogP contribution is -2.39. The van der Waals surface area contributed by atoms with Gasteiger partial charge in [-0.2, -0.15) is 0 Å². The van der Waals surface area contributed by atoms with Crippen molar-refractivity contribution in [2.24, 2.45) is 11.8 Å². The predicted molar refractivity (Wildman–Crippen MR) is 87.8 cm³/mol. The lowest BCUT2D eigenvalue weighted by Gasteiger charge is -2.45. The van der Waals surface area contributed by atoms with E-state index in [0.29, 0.717) is 11.8 Å². The zero-order valence-corrected chi connectivity index (χ0v) is 13.7. The fraction of sp³-hybridized carbons (Fsp3) is 0.579. The number of aromatic hydroxyl groups is 2. The molecule has 116 valence electrons. The van der Waals surface area contributed by atoms with Crippen LogP contribution in [0.5, 0.6) is 11.5 Å². The molecule has 2 heteroatoms. The molecule has 1 aromatic rings. The number of benzene rings is 1. The van der Waals surface area contributed by atoms with E-state index < -0.39 is 0 Å². The molecule has 0 radical (unpaired) electrons. The largest absolute Gasteiger partial charge is 0.504 e. The Balaban J connectivity index is 2.68. The monoisotopic (exact) mass is 288 g/mol. The minimum atomic E-state index is -0.0649. The molecule has 0 amide bonds. The van der Waals surface area contributed by atoms with Gasteiger partial charge in [0.1, 0.15) is 0 Å². The maximum absolute atomic E-state index is 10.5. The highest BCUT2D eigenvalue weighted by atomic mass is 16.3. The van der Waals surface area contributed by atoms with Gasteiger partial charge in [0.05, 0.1) is 0 Å². The normalized spacial score (nSPS) is 25.5. The fourth-order valence-electron chi connectivity index (χ4n) is 4.26. The van der Waals surface area contributed by atoms with Crippen molar-refractivity contribution in [3.05, 3.63) is 35.4 Å². The van der Waals surface area contributed by atoms with Crippen LogP contribution in [0.1, 0.15) is 57.6 Å². The summed E-state index contributed by atoms with van der Waals surface area (Å²) in [5, 5.41) is 20.5. The summed E-state index contributed by atoms with van der Waals surface area (Å²) in [5.41, 5.74) is 1.98. The van der Waals surface area contributed by atoms with E-state index in [1.807, 2.05) is 13.0 Å². The average molecular weight is 288 g/mol. The quantitative estimate of drug-likeness (QED) is 0.600. The topological polar surface area (TPSA) is 40.5 Å². The van der Waals surface area contributed by atoms with Crippen molar-refractivity contribution in [3.8, 4) is 11.5 Å². The van der Waals surface area contributed by atoms with Gasteiger partial charge in [0.15, 0.2) is 11.5 Å². The van der Waals surface area contributed by atoms with Crippen LogP contribution >= 0.6 is 0 Å². The standard InChI is InChI=1S/C19H28O2/c1-5-11-19(12-7-6-8-15(19)13(2)3)17-14(4)9-10-16(20)18(17)21/h6,8-10,13,15,20-21H,5,7,11-12H2,1-4H3. The van der Waals surface area contributed by atoms with Gasteiger partial charge in [0.25, 0.3) is 0 Å². The van der Waals surface area contributed by atoms with E-state index in [9.17, 15) is 10.2 Å². The molecule has 0 saturated heterocycles. The van der Waals surface area contributed by atoms with Gasteiger partial charge in [0, 0.05) is 11.0 Å². The highest BCUT2D eigenvalue weighted by Crippen LogP contribution is 2.52. The van der Waals surface area contributed by atoms with Gasteiger partial charge in [-0.25, -0.2) is 0 Å². The minimum Gasteiger partial charge on any atom is -0.504 e. The van der Waals surface area contributed by atoms with Crippen molar-refractivity contribution in [3.63, 3.8) is 0 Å². The molecular weight excluding hydrogens is 260 g/mol. The van der Waals surface area contributed by atoms with Gasteiger partial charge in [-0.15, -0.1) is 0 Å². The van der Waals surface area contributed by atoms with Crippen molar-refractivity contribution in [1.29, 1.82) is 0 Å². The summed E-state index contributed by atoms with van der Waals surface area (Å²) in [6.45, 7) is 8.74. The second-order valence-corrected chi connectivity index (χ2v) is 6.77. The maximum atomic E-state index is 10.5. The molecule has 2 atom stereocenters. The Morgan fingerprint density at radius 1 is 1.29 bits per heavy atom. The van der Waals surface area contributed by atoms with Crippen LogP contribution in [0.2, 0.25) is 0 Å². The van der Waals surface area contributed by atoms with Gasteiger partial charge < -0.3 is 10.2 Å². The van der Waals surface area contributed by atoms with Crippen LogP contribution in [0.4, 0.5) is 0 Å². The smallest absolute Gasteiger partial charge is 0.161 e. The molecule has 1 aromatic carbocycles. The summed E-state index contributed by atoms with van der Waals surface area (Å²) >= 11 is 0. The van der Waals surface area contributed by atoms with Crippen LogP contribution in [0, 0.1) is 18.8 Å². The first kappa shape index (κ1) is 15.9. The summed E-state index contributed by atoms with van der Waals surface area (Å²) in [6, 6.07) is 3.52. The number of hydrogen-bond donors (Lipinski definition) is 2. The summed E-state index contributed by atoms with van der Waals surface area (Å²) in [4.78, 5) is 0. The first-order valence-corrected chi connectivity index (χ1v) is 8.12. The molecule has 2 N–H and O–H groups in total. The molecule has 0 aliphatic heterocycles. The highest BCUT2D eigenvalue weighted by Gasteiger charge is 2.43. The Labute approximate surface area is 128 Å². The molecule has 1 aliphatic carbocycles. The van der Waals surface area contributed by atoms with Gasteiger partial charge in [0.2, 0.25) is 0 Å². The van der Waals surface area contributed by atoms with Crippen LogP contribution in [-0.4, -0.2) is 10.2 Å². The molecule has 21 heavy (non-hydrogen) atoms. The van der Waals surface area contributed by atoms with Gasteiger partial charge >= 0.3 is 0 Å². The highest BCUT2D eigenvalue weighted by molar-refractivity contribution is 5.53. The maximum Gasteiger partial charge on any atom is 0.161 e. The van der Waals surface area contributed by atoms with Crippen LogP contribution < -0.4 is 0 Å². The third-order valence-electron chi connectivity index (χ3n) is 5.02. The Bertz CT molecular complexity index is 531. The average Bonchev–Trinajstić information content (AvgIpc) is 2.44. The number of phenols is 2. The van der Waals surface area contributed by atoms with Crippen molar-refractivity contribution in [1.82, 2.24) is 0 Å². The number of allylic oxidation sites excluding steroid dienone is 2. The Morgan fingerprint density at radius 2 is 2.00 bits per heavy atom. The number of rotatable bonds is 4. The third kappa shape index (κ3) is 2.68. The fourth-order valence-corrected chi connectivity index (χ4v) is 4.26. The Kier molecular flexibility index (Phi) is 4.65. The van der Waals surface area contributed by atoms with Crippen molar-refractivity contribution in [2.75, 3.05) is 0 Å². The van der Waals surface area contributed by atoms with Crippen molar-refractivity contribution < 1.29 is 10.2 Å². The minimum absolute atomic E-state index is 0.00290. The summed E-state index contributed by atoms with van der Waals surface area (Å²) in [6.07, 6.45) is 8.79. The predicted octanol–water partition coefficient (Wildman–Crippen LogP) is 5.07. The van der Waals surface area contributed by atoms with Gasteiger partial charge in [-0.1, -0.05) is 45.4 Å². The van der Waals surface area contributed by atoms with Gasteiger partial charge in [-0.3, -0.25) is 0 Å². The van der Waals surface area contributed by atoms with E-state index in [2.05, 4.69) is 32.9 Å². The molecule has 0 bridgehead atoms. The van der Waals surface area contributed by atoms with E-state index in [0.717, 1.165) is 36.8 Å². The molecule has 2 rings (SSSR count). The van der Waals surface area contributed by atoms with Crippen LogP contribution in [-0.2, 0) is 5.41 Å². The number of aryl methyl sites for hydroxylation is 1. The van der Waals surface area contributed by atoms with E-state index in [4.69, 9.17) is 0 Å². The first-order valence-electron chi connectivity index (χ1n) is 8.12. The second kappa shape index (κ2) is 6.13. The molecule has 0 aromatic heterocycles. The van der Waals surface area contributed by atoms with Crippen molar-refractivity contribution >= 4 is 0 Å². The van der Waals surface area contributed by atoms with Crippen molar-refractivity contribution in [2.45, 2.75) is 58.8 Å². The Morgan fingerprint density at radius 3 is 2.62 bits per heavy atom. The molecule has 1 aliphatic rings. The molecule has 2 unspecified atom stereocenters. The number of phenolic OH excluding ortho intramolecular Hbond substituents is 2. The zero-order chi connectivity index (χ0) is 15.6. The van der Waals surface area contributed by atoms with E-state index in [-0.39, 0.29) is 16.9 Å². The van der Waals surface area contributed by atoms with Crippen LogP contribution in [0.25, 0.3) is 0 Å². The lowest BCUT2D eigenvalue weighted by atomic mass is 9.58. The molecule has 2 nitrogen and oxygen atoms in total. The SMILES string of the molecule is CCCC1(c2c(C)ccc(O)c2O)CCC=CC1C(C)C. The summed E-state index contributed by atoms with van der Waals surface area (Å²) in [7, 11) is 0. The van der Waals surface area contributed by atoms with E-state index in [1.54, 1.807) is 6.07 Å².